The number of anilines is 1. The summed E-state index contributed by atoms with van der Waals surface area (Å²) in [5, 5.41) is 11.3. The maximum absolute atomic E-state index is 13.2. The Morgan fingerprint density at radius 1 is 1.04 bits per heavy atom. The monoisotopic (exact) mass is 366 g/mol. The minimum atomic E-state index is -1.84. The van der Waals surface area contributed by atoms with Crippen molar-refractivity contribution < 1.29 is 19.4 Å². The van der Waals surface area contributed by atoms with Crippen LogP contribution in [0.4, 0.5) is 5.69 Å². The van der Waals surface area contributed by atoms with Crippen molar-refractivity contribution in [3.8, 4) is 0 Å². The van der Waals surface area contributed by atoms with Gasteiger partial charge in [0.2, 0.25) is 0 Å². The number of ether oxygens (including phenoxy) is 1. The summed E-state index contributed by atoms with van der Waals surface area (Å²) in [6.07, 6.45) is -0.271. The van der Waals surface area contributed by atoms with E-state index in [-0.39, 0.29) is 12.2 Å². The topological polar surface area (TPSA) is 70.1 Å². The quantitative estimate of drug-likeness (QED) is 0.817. The van der Waals surface area contributed by atoms with E-state index in [9.17, 15) is 14.7 Å². The lowest BCUT2D eigenvalue weighted by molar-refractivity contribution is -0.136. The molecule has 4 rings (SSSR count). The zero-order valence-electron chi connectivity index (χ0n) is 15.0. The fourth-order valence-electron chi connectivity index (χ4n) is 3.72. The fourth-order valence-corrected chi connectivity index (χ4v) is 3.72. The average Bonchev–Trinajstić information content (AvgIpc) is 2.92. The van der Waals surface area contributed by atoms with Crippen molar-refractivity contribution in [3.63, 3.8) is 0 Å². The van der Waals surface area contributed by atoms with E-state index in [1.54, 1.807) is 41.3 Å². The lowest BCUT2D eigenvalue weighted by Gasteiger charge is -2.31. The molecule has 1 atom stereocenters. The number of aliphatic hydroxyl groups is 1. The molecule has 0 saturated carbocycles. The first-order valence-electron chi connectivity index (χ1n) is 9.12. The highest BCUT2D eigenvalue weighted by atomic mass is 16.5. The maximum atomic E-state index is 13.2. The van der Waals surface area contributed by atoms with Crippen LogP contribution in [0.5, 0.6) is 0 Å². The van der Waals surface area contributed by atoms with Crippen LogP contribution >= 0.6 is 0 Å². The van der Waals surface area contributed by atoms with Gasteiger partial charge in [0.15, 0.2) is 11.4 Å². The SMILES string of the molecule is O=C(C[C@]1(O)C(=O)N(CN2CCOCC2)c2ccccc21)c1ccccc1. The average molecular weight is 366 g/mol. The zero-order chi connectivity index (χ0) is 18.9. The Balaban J connectivity index is 1.62. The molecule has 6 nitrogen and oxygen atoms in total. The van der Waals surface area contributed by atoms with Gasteiger partial charge >= 0.3 is 0 Å². The van der Waals surface area contributed by atoms with Gasteiger partial charge in [-0.2, -0.15) is 0 Å². The number of amides is 1. The van der Waals surface area contributed by atoms with Crippen LogP contribution in [0, 0.1) is 0 Å². The van der Waals surface area contributed by atoms with E-state index in [0.717, 1.165) is 13.1 Å². The summed E-state index contributed by atoms with van der Waals surface area (Å²) in [4.78, 5) is 29.6. The molecular formula is C21H22N2O4. The molecule has 0 unspecified atom stereocenters. The molecule has 0 aliphatic carbocycles. The van der Waals surface area contributed by atoms with Gasteiger partial charge in [-0.05, 0) is 6.07 Å². The molecule has 2 aliphatic heterocycles. The summed E-state index contributed by atoms with van der Waals surface area (Å²) in [5.74, 6) is -0.700. The minimum absolute atomic E-state index is 0.255. The summed E-state index contributed by atoms with van der Waals surface area (Å²) in [6, 6.07) is 15.9. The third-order valence-electron chi connectivity index (χ3n) is 5.20. The van der Waals surface area contributed by atoms with Crippen molar-refractivity contribution in [1.82, 2.24) is 4.90 Å². The van der Waals surface area contributed by atoms with Crippen molar-refractivity contribution in [2.24, 2.45) is 0 Å². The largest absolute Gasteiger partial charge is 0.379 e. The molecule has 0 spiro atoms. The minimum Gasteiger partial charge on any atom is -0.379 e. The van der Waals surface area contributed by atoms with Gasteiger partial charge in [0.1, 0.15) is 0 Å². The van der Waals surface area contributed by atoms with Crippen LogP contribution in [0.15, 0.2) is 54.6 Å². The molecule has 2 heterocycles. The van der Waals surface area contributed by atoms with Crippen LogP contribution in [-0.2, 0) is 15.1 Å². The zero-order valence-corrected chi connectivity index (χ0v) is 15.0. The number of ketones is 1. The van der Waals surface area contributed by atoms with Gasteiger partial charge in [-0.25, -0.2) is 0 Å². The van der Waals surface area contributed by atoms with Crippen molar-refractivity contribution >= 4 is 17.4 Å². The van der Waals surface area contributed by atoms with E-state index < -0.39 is 11.5 Å². The van der Waals surface area contributed by atoms with Crippen LogP contribution in [-0.4, -0.2) is 54.7 Å². The van der Waals surface area contributed by atoms with E-state index in [2.05, 4.69) is 4.90 Å². The van der Waals surface area contributed by atoms with E-state index in [0.29, 0.717) is 36.7 Å². The summed E-state index contributed by atoms with van der Waals surface area (Å²) in [7, 11) is 0. The number of carbonyl (C=O) groups excluding carboxylic acids is 2. The van der Waals surface area contributed by atoms with Gasteiger partial charge in [0, 0.05) is 24.2 Å². The number of nitrogens with zero attached hydrogens (tertiary/aromatic N) is 2. The van der Waals surface area contributed by atoms with E-state index in [4.69, 9.17) is 4.74 Å². The molecule has 1 fully saturated rings. The third-order valence-corrected chi connectivity index (χ3v) is 5.20. The van der Waals surface area contributed by atoms with E-state index in [1.165, 1.54) is 0 Å². The normalized spacial score (nSPS) is 22.7. The molecule has 1 N–H and O–H groups in total. The summed E-state index contributed by atoms with van der Waals surface area (Å²) in [5.41, 5.74) is -0.191. The number of benzene rings is 2. The van der Waals surface area contributed by atoms with Gasteiger partial charge in [0.05, 0.1) is 32.0 Å². The molecular weight excluding hydrogens is 344 g/mol. The molecule has 2 aliphatic rings. The molecule has 6 heteroatoms. The highest BCUT2D eigenvalue weighted by molar-refractivity contribution is 6.10. The van der Waals surface area contributed by atoms with E-state index >= 15 is 0 Å². The second-order valence-corrected chi connectivity index (χ2v) is 6.95. The summed E-state index contributed by atoms with van der Waals surface area (Å²) >= 11 is 0. The van der Waals surface area contributed by atoms with Crippen LogP contribution in [0.1, 0.15) is 22.3 Å². The third kappa shape index (κ3) is 3.27. The Morgan fingerprint density at radius 2 is 1.70 bits per heavy atom. The molecule has 0 aromatic heterocycles. The molecule has 0 bridgehead atoms. The number of hydrogen-bond donors (Lipinski definition) is 1. The molecule has 1 amide bonds. The van der Waals surface area contributed by atoms with Gasteiger partial charge in [-0.1, -0.05) is 48.5 Å². The number of Topliss-reactive ketones (excluding diaryl/α,β-unsaturated/α-hetero) is 1. The van der Waals surface area contributed by atoms with Crippen LogP contribution in [0.2, 0.25) is 0 Å². The van der Waals surface area contributed by atoms with Crippen LogP contribution in [0.25, 0.3) is 0 Å². The first kappa shape index (κ1) is 17.9. The van der Waals surface area contributed by atoms with E-state index in [1.807, 2.05) is 18.2 Å². The van der Waals surface area contributed by atoms with Crippen LogP contribution in [0.3, 0.4) is 0 Å². The van der Waals surface area contributed by atoms with Gasteiger partial charge in [-0.3, -0.25) is 19.4 Å². The molecule has 27 heavy (non-hydrogen) atoms. The Kier molecular flexibility index (Phi) is 4.78. The molecule has 0 radical (unpaired) electrons. The Bertz CT molecular complexity index is 848. The summed E-state index contributed by atoms with van der Waals surface area (Å²) in [6.45, 7) is 3.09. The standard InChI is InChI=1S/C21H22N2O4/c24-19(16-6-2-1-3-7-16)14-21(26)17-8-4-5-9-18(17)23(20(21)25)15-22-10-12-27-13-11-22/h1-9,26H,10-15H2/t21-/m1/s1. The fraction of sp³-hybridized carbons (Fsp3) is 0.333. The van der Waals surface area contributed by atoms with Crippen LogP contribution < -0.4 is 4.90 Å². The number of fused-ring (bicyclic) bond motifs is 1. The lowest BCUT2D eigenvalue weighted by atomic mass is 9.88. The van der Waals surface area contributed by atoms with Gasteiger partial charge in [0.25, 0.3) is 5.91 Å². The van der Waals surface area contributed by atoms with Crippen molar-refractivity contribution in [1.29, 1.82) is 0 Å². The second kappa shape index (κ2) is 7.23. The molecule has 2 aromatic carbocycles. The number of para-hydroxylation sites is 1. The Morgan fingerprint density at radius 3 is 2.44 bits per heavy atom. The summed E-state index contributed by atoms with van der Waals surface area (Å²) < 4.78 is 5.36. The first-order chi connectivity index (χ1) is 13.1. The lowest BCUT2D eigenvalue weighted by Crippen LogP contribution is -2.49. The van der Waals surface area contributed by atoms with Crippen molar-refractivity contribution in [2.45, 2.75) is 12.0 Å². The smallest absolute Gasteiger partial charge is 0.265 e. The highest BCUT2D eigenvalue weighted by Gasteiger charge is 2.51. The molecule has 2 aromatic rings. The predicted molar refractivity (Wildman–Crippen MR) is 100 cm³/mol. The second-order valence-electron chi connectivity index (χ2n) is 6.95. The molecule has 1 saturated heterocycles. The van der Waals surface area contributed by atoms with Gasteiger partial charge in [-0.15, -0.1) is 0 Å². The van der Waals surface area contributed by atoms with Crippen molar-refractivity contribution in [2.75, 3.05) is 37.9 Å². The maximum Gasteiger partial charge on any atom is 0.265 e. The number of rotatable bonds is 5. The Labute approximate surface area is 158 Å². The number of morpholine rings is 1. The van der Waals surface area contributed by atoms with Crippen molar-refractivity contribution in [3.05, 3.63) is 65.7 Å². The predicted octanol–water partition coefficient (Wildman–Crippen LogP) is 1.78. The first-order valence-corrected chi connectivity index (χ1v) is 9.12. The molecule has 140 valence electrons. The van der Waals surface area contributed by atoms with Gasteiger partial charge < -0.3 is 9.84 Å². The number of carbonyl (C=O) groups is 2. The Hall–Kier alpha value is -2.54. The number of hydrogen-bond acceptors (Lipinski definition) is 5. The highest BCUT2D eigenvalue weighted by Crippen LogP contribution is 2.42.